The van der Waals surface area contributed by atoms with Crippen molar-refractivity contribution in [2.45, 2.75) is 45.2 Å². The Balaban J connectivity index is 1.94. The van der Waals surface area contributed by atoms with E-state index < -0.39 is 12.0 Å². The van der Waals surface area contributed by atoms with Crippen LogP contribution in [-0.4, -0.2) is 34.1 Å². The molecule has 0 bridgehead atoms. The summed E-state index contributed by atoms with van der Waals surface area (Å²) in [5.41, 5.74) is 1.19. The topological polar surface area (TPSA) is 91.3 Å². The molecule has 0 spiro atoms. The molecule has 1 fully saturated rings. The molecule has 1 aromatic heterocycles. The highest BCUT2D eigenvalue weighted by molar-refractivity contribution is 6.07. The monoisotopic (exact) mass is 341 g/mol. The van der Waals surface area contributed by atoms with E-state index in [0.717, 1.165) is 18.2 Å². The fourth-order valence-electron chi connectivity index (χ4n) is 2.80. The normalized spacial score (nSPS) is 15.2. The lowest BCUT2D eigenvalue weighted by atomic mass is 10.0. The summed E-state index contributed by atoms with van der Waals surface area (Å²) in [5, 5.41) is 16.2. The van der Waals surface area contributed by atoms with Crippen molar-refractivity contribution in [1.29, 1.82) is 0 Å². The summed E-state index contributed by atoms with van der Waals surface area (Å²) in [7, 11) is 0. The van der Waals surface area contributed by atoms with E-state index in [0.29, 0.717) is 23.3 Å². The molecule has 1 amide bonds. The first-order valence-corrected chi connectivity index (χ1v) is 8.64. The molecule has 25 heavy (non-hydrogen) atoms. The third-order valence-corrected chi connectivity index (χ3v) is 4.20. The van der Waals surface area contributed by atoms with E-state index in [2.05, 4.69) is 15.6 Å². The molecule has 6 heteroatoms. The van der Waals surface area contributed by atoms with E-state index >= 15 is 0 Å². The number of carbonyl (C=O) groups is 2. The van der Waals surface area contributed by atoms with Crippen LogP contribution in [0.5, 0.6) is 0 Å². The Bertz CT molecular complexity index is 800. The molecule has 1 aromatic carbocycles. The zero-order chi connectivity index (χ0) is 18.0. The van der Waals surface area contributed by atoms with Crippen molar-refractivity contribution in [3.05, 3.63) is 35.9 Å². The number of rotatable bonds is 7. The number of aliphatic carboxylic acids is 1. The van der Waals surface area contributed by atoms with Crippen molar-refractivity contribution in [2.24, 2.45) is 5.92 Å². The summed E-state index contributed by atoms with van der Waals surface area (Å²) < 4.78 is 0. The van der Waals surface area contributed by atoms with E-state index in [4.69, 9.17) is 0 Å². The molecular weight excluding hydrogens is 318 g/mol. The Morgan fingerprint density at radius 3 is 2.64 bits per heavy atom. The predicted octanol–water partition coefficient (Wildman–Crippen LogP) is 3.04. The van der Waals surface area contributed by atoms with Crippen LogP contribution in [0.25, 0.3) is 10.9 Å². The molecular formula is C19H23N3O3. The van der Waals surface area contributed by atoms with Gasteiger partial charge in [-0.2, -0.15) is 0 Å². The lowest BCUT2D eigenvalue weighted by Gasteiger charge is -2.18. The minimum Gasteiger partial charge on any atom is -0.480 e. The number of nitrogens with one attached hydrogen (secondary N) is 2. The maximum atomic E-state index is 12.6. The van der Waals surface area contributed by atoms with Gasteiger partial charge in [-0.25, -0.2) is 9.78 Å². The SMILES string of the molecule is CC(C)C[C@H](Nc1cc(C(=O)NC2CC2)c2ccccc2n1)C(=O)O. The van der Waals surface area contributed by atoms with Crippen LogP contribution < -0.4 is 10.6 Å². The Hall–Kier alpha value is -2.63. The highest BCUT2D eigenvalue weighted by Gasteiger charge is 2.25. The quantitative estimate of drug-likeness (QED) is 0.720. The van der Waals surface area contributed by atoms with Gasteiger partial charge in [0.15, 0.2) is 0 Å². The Kier molecular flexibility index (Phi) is 4.88. The van der Waals surface area contributed by atoms with Gasteiger partial charge in [-0.05, 0) is 37.3 Å². The molecule has 1 atom stereocenters. The van der Waals surface area contributed by atoms with E-state index in [-0.39, 0.29) is 17.9 Å². The first kappa shape index (κ1) is 17.2. The van der Waals surface area contributed by atoms with Gasteiger partial charge in [-0.15, -0.1) is 0 Å². The van der Waals surface area contributed by atoms with Crippen LogP contribution in [0.4, 0.5) is 5.82 Å². The number of para-hydroxylation sites is 1. The highest BCUT2D eigenvalue weighted by Crippen LogP contribution is 2.24. The lowest BCUT2D eigenvalue weighted by Crippen LogP contribution is -2.31. The molecule has 0 saturated heterocycles. The highest BCUT2D eigenvalue weighted by atomic mass is 16.4. The summed E-state index contributed by atoms with van der Waals surface area (Å²) in [4.78, 5) is 28.6. The Morgan fingerprint density at radius 2 is 2.00 bits per heavy atom. The molecule has 2 aromatic rings. The third-order valence-electron chi connectivity index (χ3n) is 4.20. The lowest BCUT2D eigenvalue weighted by molar-refractivity contribution is -0.138. The number of anilines is 1. The average molecular weight is 341 g/mol. The maximum absolute atomic E-state index is 12.6. The molecule has 6 nitrogen and oxygen atoms in total. The first-order chi connectivity index (χ1) is 11.9. The molecule has 3 rings (SSSR count). The summed E-state index contributed by atoms with van der Waals surface area (Å²) in [6.45, 7) is 3.94. The van der Waals surface area contributed by atoms with Crippen LogP contribution in [-0.2, 0) is 4.79 Å². The maximum Gasteiger partial charge on any atom is 0.326 e. The fraction of sp³-hybridized carbons (Fsp3) is 0.421. The summed E-state index contributed by atoms with van der Waals surface area (Å²) in [5.74, 6) is -0.424. The molecule has 1 heterocycles. The smallest absolute Gasteiger partial charge is 0.326 e. The van der Waals surface area contributed by atoms with Gasteiger partial charge in [0.25, 0.3) is 5.91 Å². The van der Waals surface area contributed by atoms with Gasteiger partial charge in [0.05, 0.1) is 11.1 Å². The van der Waals surface area contributed by atoms with Crippen molar-refractivity contribution in [1.82, 2.24) is 10.3 Å². The number of amides is 1. The van der Waals surface area contributed by atoms with Crippen molar-refractivity contribution < 1.29 is 14.7 Å². The van der Waals surface area contributed by atoms with Gasteiger partial charge in [0, 0.05) is 11.4 Å². The van der Waals surface area contributed by atoms with Crippen LogP contribution >= 0.6 is 0 Å². The summed E-state index contributed by atoms with van der Waals surface area (Å²) >= 11 is 0. The third kappa shape index (κ3) is 4.26. The largest absolute Gasteiger partial charge is 0.480 e. The van der Waals surface area contributed by atoms with Crippen LogP contribution in [0.2, 0.25) is 0 Å². The number of benzene rings is 1. The summed E-state index contributed by atoms with van der Waals surface area (Å²) in [6.07, 6.45) is 2.50. The van der Waals surface area contributed by atoms with Gasteiger partial charge in [-0.3, -0.25) is 4.79 Å². The van der Waals surface area contributed by atoms with Gasteiger partial charge < -0.3 is 15.7 Å². The van der Waals surface area contributed by atoms with E-state index in [1.54, 1.807) is 6.07 Å². The zero-order valence-electron chi connectivity index (χ0n) is 14.5. The molecule has 1 aliphatic rings. The molecule has 0 aliphatic heterocycles. The molecule has 0 radical (unpaired) electrons. The zero-order valence-corrected chi connectivity index (χ0v) is 14.5. The molecule has 132 valence electrons. The van der Waals surface area contributed by atoms with Crippen LogP contribution in [0, 0.1) is 5.92 Å². The van der Waals surface area contributed by atoms with Gasteiger partial charge in [-0.1, -0.05) is 32.0 Å². The van der Waals surface area contributed by atoms with Crippen molar-refractivity contribution >= 4 is 28.6 Å². The number of hydrogen-bond acceptors (Lipinski definition) is 4. The van der Waals surface area contributed by atoms with Crippen molar-refractivity contribution in [3.8, 4) is 0 Å². The van der Waals surface area contributed by atoms with Crippen molar-refractivity contribution in [3.63, 3.8) is 0 Å². The number of carboxylic acid groups (broad SMARTS) is 1. The molecule has 3 N–H and O–H groups in total. The molecule has 1 aliphatic carbocycles. The van der Waals surface area contributed by atoms with Gasteiger partial charge in [0.2, 0.25) is 0 Å². The summed E-state index contributed by atoms with van der Waals surface area (Å²) in [6, 6.07) is 8.56. The van der Waals surface area contributed by atoms with Crippen molar-refractivity contribution in [2.75, 3.05) is 5.32 Å². The number of fused-ring (bicyclic) bond motifs is 1. The number of aromatic nitrogens is 1. The number of hydrogen-bond donors (Lipinski definition) is 3. The van der Waals surface area contributed by atoms with E-state index in [1.165, 1.54) is 0 Å². The Morgan fingerprint density at radius 1 is 1.28 bits per heavy atom. The number of nitrogens with zero attached hydrogens (tertiary/aromatic N) is 1. The number of pyridine rings is 1. The van der Waals surface area contributed by atoms with Gasteiger partial charge >= 0.3 is 5.97 Å². The minimum atomic E-state index is -0.923. The standard InChI is InChI=1S/C19H23N3O3/c1-11(2)9-16(19(24)25)22-17-10-14(18(23)20-12-7-8-12)13-5-3-4-6-15(13)21-17/h3-6,10-12,16H,7-9H2,1-2H3,(H,20,23)(H,21,22)(H,24,25)/t16-/m0/s1. The van der Waals surface area contributed by atoms with Crippen LogP contribution in [0.1, 0.15) is 43.5 Å². The van der Waals surface area contributed by atoms with E-state index in [1.807, 2.05) is 38.1 Å². The fourth-order valence-corrected chi connectivity index (χ4v) is 2.80. The Labute approximate surface area is 146 Å². The second-order valence-corrected chi connectivity index (χ2v) is 6.98. The number of carbonyl (C=O) groups excluding carboxylic acids is 1. The van der Waals surface area contributed by atoms with Gasteiger partial charge in [0.1, 0.15) is 11.9 Å². The minimum absolute atomic E-state index is 0.139. The second kappa shape index (κ2) is 7.09. The number of carboxylic acids is 1. The van der Waals surface area contributed by atoms with Crippen LogP contribution in [0.15, 0.2) is 30.3 Å². The molecule has 0 unspecified atom stereocenters. The van der Waals surface area contributed by atoms with Crippen LogP contribution in [0.3, 0.4) is 0 Å². The second-order valence-electron chi connectivity index (χ2n) is 6.98. The molecule has 1 saturated carbocycles. The van der Waals surface area contributed by atoms with E-state index in [9.17, 15) is 14.7 Å². The first-order valence-electron chi connectivity index (χ1n) is 8.64. The average Bonchev–Trinajstić information content (AvgIpc) is 3.37. The predicted molar refractivity (Wildman–Crippen MR) is 96.7 cm³/mol.